The lowest BCUT2D eigenvalue weighted by molar-refractivity contribution is 0.0322. The lowest BCUT2D eigenvalue weighted by atomic mass is 9.97. The van der Waals surface area contributed by atoms with E-state index < -0.39 is 5.60 Å². The van der Waals surface area contributed by atoms with Crippen LogP contribution in [0.3, 0.4) is 0 Å². The van der Waals surface area contributed by atoms with Crippen LogP contribution >= 0.6 is 0 Å². The molecule has 0 amide bonds. The van der Waals surface area contributed by atoms with Crippen LogP contribution in [-0.2, 0) is 6.54 Å². The molecular formula is C14H23NO2. The van der Waals surface area contributed by atoms with Gasteiger partial charge in [-0.2, -0.15) is 0 Å². The first kappa shape index (κ1) is 14.0. The van der Waals surface area contributed by atoms with E-state index in [2.05, 4.69) is 5.32 Å². The molecule has 0 heterocycles. The van der Waals surface area contributed by atoms with Crippen LogP contribution in [0.4, 0.5) is 0 Å². The van der Waals surface area contributed by atoms with Crippen molar-refractivity contribution in [2.24, 2.45) is 0 Å². The maximum Gasteiger partial charge on any atom is 0.123 e. The first-order chi connectivity index (χ1) is 8.15. The van der Waals surface area contributed by atoms with Gasteiger partial charge in [-0.25, -0.2) is 0 Å². The zero-order valence-corrected chi connectivity index (χ0v) is 11.0. The second-order valence-corrected chi connectivity index (χ2v) is 4.35. The van der Waals surface area contributed by atoms with Crippen LogP contribution in [0.1, 0.15) is 32.3 Å². The molecule has 0 aliphatic carbocycles. The minimum atomic E-state index is -0.595. The molecule has 0 fully saturated rings. The molecule has 0 spiro atoms. The van der Waals surface area contributed by atoms with Crippen LogP contribution in [0.2, 0.25) is 0 Å². The molecule has 0 atom stereocenters. The third-order valence-electron chi connectivity index (χ3n) is 3.28. The summed E-state index contributed by atoms with van der Waals surface area (Å²) in [5, 5.41) is 13.4. The molecule has 3 nitrogen and oxygen atoms in total. The lowest BCUT2D eigenvalue weighted by Crippen LogP contribution is -2.39. The molecule has 0 aliphatic rings. The Morgan fingerprint density at radius 1 is 1.24 bits per heavy atom. The van der Waals surface area contributed by atoms with Crippen LogP contribution in [-0.4, -0.2) is 24.4 Å². The topological polar surface area (TPSA) is 41.5 Å². The van der Waals surface area contributed by atoms with E-state index in [9.17, 15) is 5.11 Å². The summed E-state index contributed by atoms with van der Waals surface area (Å²) in [5.41, 5.74) is 0.520. The van der Waals surface area contributed by atoms with Crippen molar-refractivity contribution in [3.63, 3.8) is 0 Å². The normalized spacial score (nSPS) is 11.5. The fourth-order valence-corrected chi connectivity index (χ4v) is 1.78. The van der Waals surface area contributed by atoms with Gasteiger partial charge in [0.2, 0.25) is 0 Å². The van der Waals surface area contributed by atoms with Crippen molar-refractivity contribution >= 4 is 0 Å². The SMILES string of the molecule is CCC(O)(CC)CNCc1ccccc1OC. The van der Waals surface area contributed by atoms with Gasteiger partial charge in [0.25, 0.3) is 0 Å². The van der Waals surface area contributed by atoms with Gasteiger partial charge < -0.3 is 15.2 Å². The zero-order chi connectivity index (χ0) is 12.7. The van der Waals surface area contributed by atoms with Crippen LogP contribution in [0.15, 0.2) is 24.3 Å². The maximum atomic E-state index is 10.1. The molecule has 17 heavy (non-hydrogen) atoms. The van der Waals surface area contributed by atoms with Gasteiger partial charge in [-0.1, -0.05) is 32.0 Å². The summed E-state index contributed by atoms with van der Waals surface area (Å²) in [4.78, 5) is 0. The minimum absolute atomic E-state index is 0.595. The standard InChI is InChI=1S/C14H23NO2/c1-4-14(16,5-2)11-15-10-12-8-6-7-9-13(12)17-3/h6-9,15-16H,4-5,10-11H2,1-3H3. The molecule has 0 saturated carbocycles. The second kappa shape index (κ2) is 6.62. The molecule has 96 valence electrons. The number of methoxy groups -OCH3 is 1. The van der Waals surface area contributed by atoms with Crippen molar-refractivity contribution in [3.05, 3.63) is 29.8 Å². The minimum Gasteiger partial charge on any atom is -0.496 e. The number of para-hydroxylation sites is 1. The van der Waals surface area contributed by atoms with E-state index in [0.717, 1.165) is 24.2 Å². The Morgan fingerprint density at radius 2 is 1.88 bits per heavy atom. The van der Waals surface area contributed by atoms with Gasteiger partial charge in [-0.3, -0.25) is 0 Å². The highest BCUT2D eigenvalue weighted by atomic mass is 16.5. The number of rotatable bonds is 7. The Morgan fingerprint density at radius 3 is 2.47 bits per heavy atom. The van der Waals surface area contributed by atoms with E-state index in [0.29, 0.717) is 13.1 Å². The first-order valence-corrected chi connectivity index (χ1v) is 6.20. The molecule has 2 N–H and O–H groups in total. The van der Waals surface area contributed by atoms with Crippen LogP contribution in [0.25, 0.3) is 0 Å². The Kier molecular flexibility index (Phi) is 5.45. The monoisotopic (exact) mass is 237 g/mol. The van der Waals surface area contributed by atoms with Crippen molar-refractivity contribution in [1.29, 1.82) is 0 Å². The quantitative estimate of drug-likeness (QED) is 0.765. The molecule has 1 aromatic rings. The van der Waals surface area contributed by atoms with E-state index in [1.165, 1.54) is 0 Å². The summed E-state index contributed by atoms with van der Waals surface area (Å²) in [6, 6.07) is 7.92. The number of ether oxygens (including phenoxy) is 1. The fourth-order valence-electron chi connectivity index (χ4n) is 1.78. The van der Waals surface area contributed by atoms with E-state index in [4.69, 9.17) is 4.74 Å². The Balaban J connectivity index is 2.51. The van der Waals surface area contributed by atoms with E-state index in [1.807, 2.05) is 38.1 Å². The molecule has 0 aromatic heterocycles. The van der Waals surface area contributed by atoms with Gasteiger partial charge in [-0.05, 0) is 18.9 Å². The van der Waals surface area contributed by atoms with Crippen molar-refractivity contribution < 1.29 is 9.84 Å². The summed E-state index contributed by atoms with van der Waals surface area (Å²) in [5.74, 6) is 0.886. The third-order valence-corrected chi connectivity index (χ3v) is 3.28. The summed E-state index contributed by atoms with van der Waals surface area (Å²) in [6.45, 7) is 5.34. The Labute approximate surface area is 104 Å². The Bertz CT molecular complexity index is 335. The predicted molar refractivity (Wildman–Crippen MR) is 70.2 cm³/mol. The molecule has 0 unspecified atom stereocenters. The predicted octanol–water partition coefficient (Wildman–Crippen LogP) is 2.34. The van der Waals surface area contributed by atoms with Crippen LogP contribution in [0.5, 0.6) is 5.75 Å². The van der Waals surface area contributed by atoms with Gasteiger partial charge in [0.05, 0.1) is 12.7 Å². The lowest BCUT2D eigenvalue weighted by Gasteiger charge is -2.25. The van der Waals surface area contributed by atoms with E-state index in [-0.39, 0.29) is 0 Å². The largest absolute Gasteiger partial charge is 0.496 e. The van der Waals surface area contributed by atoms with Crippen LogP contribution in [0, 0.1) is 0 Å². The zero-order valence-electron chi connectivity index (χ0n) is 11.0. The molecule has 0 radical (unpaired) electrons. The highest BCUT2D eigenvalue weighted by molar-refractivity contribution is 5.32. The number of benzene rings is 1. The Hall–Kier alpha value is -1.06. The van der Waals surface area contributed by atoms with Gasteiger partial charge in [0, 0.05) is 18.7 Å². The molecule has 1 aromatic carbocycles. The van der Waals surface area contributed by atoms with Gasteiger partial charge in [0.1, 0.15) is 5.75 Å². The summed E-state index contributed by atoms with van der Waals surface area (Å²) in [6.07, 6.45) is 1.53. The number of hydrogen-bond acceptors (Lipinski definition) is 3. The van der Waals surface area contributed by atoms with Gasteiger partial charge in [0.15, 0.2) is 0 Å². The molecule has 3 heteroatoms. The second-order valence-electron chi connectivity index (χ2n) is 4.35. The van der Waals surface area contributed by atoms with Gasteiger partial charge >= 0.3 is 0 Å². The summed E-state index contributed by atoms with van der Waals surface area (Å²) in [7, 11) is 1.67. The highest BCUT2D eigenvalue weighted by Gasteiger charge is 2.21. The average Bonchev–Trinajstić information content (AvgIpc) is 2.39. The van der Waals surface area contributed by atoms with E-state index in [1.54, 1.807) is 7.11 Å². The number of aliphatic hydroxyl groups is 1. The maximum absolute atomic E-state index is 10.1. The number of nitrogens with one attached hydrogen (secondary N) is 1. The molecule has 0 bridgehead atoms. The average molecular weight is 237 g/mol. The third kappa shape index (κ3) is 4.02. The van der Waals surface area contributed by atoms with Crippen molar-refractivity contribution in [3.8, 4) is 5.75 Å². The van der Waals surface area contributed by atoms with Gasteiger partial charge in [-0.15, -0.1) is 0 Å². The summed E-state index contributed by atoms with van der Waals surface area (Å²) >= 11 is 0. The molecule has 0 saturated heterocycles. The smallest absolute Gasteiger partial charge is 0.123 e. The highest BCUT2D eigenvalue weighted by Crippen LogP contribution is 2.18. The fraction of sp³-hybridized carbons (Fsp3) is 0.571. The molecule has 0 aliphatic heterocycles. The first-order valence-electron chi connectivity index (χ1n) is 6.20. The molecular weight excluding hydrogens is 214 g/mol. The number of hydrogen-bond donors (Lipinski definition) is 2. The van der Waals surface area contributed by atoms with Crippen molar-refractivity contribution in [2.75, 3.05) is 13.7 Å². The van der Waals surface area contributed by atoms with E-state index >= 15 is 0 Å². The van der Waals surface area contributed by atoms with Crippen molar-refractivity contribution in [1.82, 2.24) is 5.32 Å². The van der Waals surface area contributed by atoms with Crippen molar-refractivity contribution in [2.45, 2.75) is 38.8 Å². The van der Waals surface area contributed by atoms with Crippen LogP contribution < -0.4 is 10.1 Å². The molecule has 1 rings (SSSR count). The summed E-state index contributed by atoms with van der Waals surface area (Å²) < 4.78 is 5.28.